The van der Waals surface area contributed by atoms with Crippen molar-refractivity contribution in [2.75, 3.05) is 0 Å². The summed E-state index contributed by atoms with van der Waals surface area (Å²) in [7, 11) is 0. The van der Waals surface area contributed by atoms with E-state index in [-0.39, 0.29) is 12.6 Å². The number of hydrogen-bond donors (Lipinski definition) is 0. The quantitative estimate of drug-likeness (QED) is 0.743. The van der Waals surface area contributed by atoms with Crippen molar-refractivity contribution in [2.24, 2.45) is 0 Å². The number of alkyl halides is 3. The third-order valence-corrected chi connectivity index (χ3v) is 2.90. The molecule has 3 rings (SSSR count). The Morgan fingerprint density at radius 2 is 1.90 bits per heavy atom. The fourth-order valence-corrected chi connectivity index (χ4v) is 1.90. The molecule has 0 spiro atoms. The Morgan fingerprint density at radius 1 is 1.05 bits per heavy atom. The summed E-state index contributed by atoms with van der Waals surface area (Å²) in [5.74, 6) is 0. The summed E-state index contributed by atoms with van der Waals surface area (Å²) in [4.78, 5) is 0. The minimum Gasteiger partial charge on any atom is -0.458 e. The highest BCUT2D eigenvalue weighted by Gasteiger charge is 2.30. The third-order valence-electron chi connectivity index (χ3n) is 2.90. The first-order valence-electron chi connectivity index (χ1n) is 6.13. The van der Waals surface area contributed by atoms with Gasteiger partial charge in [0.25, 0.3) is 0 Å². The van der Waals surface area contributed by atoms with Crippen LogP contribution in [0.15, 0.2) is 48.7 Å². The van der Waals surface area contributed by atoms with Crippen molar-refractivity contribution < 1.29 is 17.9 Å². The number of hydrogen-bond acceptors (Lipinski definition) is 3. The molecule has 0 atom stereocenters. The van der Waals surface area contributed by atoms with Crippen LogP contribution in [0.2, 0.25) is 0 Å². The van der Waals surface area contributed by atoms with Gasteiger partial charge in [-0.1, -0.05) is 23.3 Å². The Labute approximate surface area is 117 Å². The van der Waals surface area contributed by atoms with E-state index in [9.17, 15) is 13.2 Å². The second kappa shape index (κ2) is 5.08. The monoisotopic (exact) mass is 293 g/mol. The maximum atomic E-state index is 12.6. The van der Waals surface area contributed by atoms with E-state index >= 15 is 0 Å². The van der Waals surface area contributed by atoms with Crippen molar-refractivity contribution in [1.82, 2.24) is 14.6 Å². The van der Waals surface area contributed by atoms with E-state index in [2.05, 4.69) is 10.2 Å². The average molecular weight is 293 g/mol. The molecule has 0 aliphatic carbocycles. The number of nitrogens with zero attached hydrogens (tertiary/aromatic N) is 3. The van der Waals surface area contributed by atoms with E-state index < -0.39 is 11.7 Å². The maximum absolute atomic E-state index is 12.6. The zero-order valence-corrected chi connectivity index (χ0v) is 10.7. The Hall–Kier alpha value is -2.57. The van der Waals surface area contributed by atoms with Crippen molar-refractivity contribution in [3.63, 3.8) is 0 Å². The van der Waals surface area contributed by atoms with E-state index in [0.29, 0.717) is 11.2 Å². The molecule has 2 aromatic heterocycles. The number of benzene rings is 1. The third kappa shape index (κ3) is 2.81. The molecule has 1 aromatic carbocycles. The van der Waals surface area contributed by atoms with E-state index in [1.165, 1.54) is 6.07 Å². The second-order valence-corrected chi connectivity index (χ2v) is 4.40. The van der Waals surface area contributed by atoms with Gasteiger partial charge in [0.05, 0.1) is 5.56 Å². The number of ether oxygens (including phenoxy) is 1. The predicted octanol–water partition coefficient (Wildman–Crippen LogP) is 3.33. The van der Waals surface area contributed by atoms with Gasteiger partial charge in [0.15, 0.2) is 5.65 Å². The Morgan fingerprint density at radius 3 is 2.71 bits per heavy atom. The molecule has 0 aliphatic rings. The van der Waals surface area contributed by atoms with Crippen LogP contribution in [0.5, 0.6) is 6.01 Å². The number of aromatic nitrogens is 3. The number of pyridine rings is 1. The van der Waals surface area contributed by atoms with Gasteiger partial charge in [0.1, 0.15) is 6.61 Å². The Balaban J connectivity index is 1.79. The predicted molar refractivity (Wildman–Crippen MR) is 68.8 cm³/mol. The molecule has 0 saturated heterocycles. The minimum absolute atomic E-state index is 0.0143. The lowest BCUT2D eigenvalue weighted by Crippen LogP contribution is -2.06. The van der Waals surface area contributed by atoms with Crippen LogP contribution < -0.4 is 4.74 Å². The fourth-order valence-electron chi connectivity index (χ4n) is 1.90. The van der Waals surface area contributed by atoms with Crippen molar-refractivity contribution in [2.45, 2.75) is 12.8 Å². The average Bonchev–Trinajstić information content (AvgIpc) is 2.88. The van der Waals surface area contributed by atoms with Crippen LogP contribution in [-0.2, 0) is 12.8 Å². The van der Waals surface area contributed by atoms with Crippen LogP contribution in [-0.4, -0.2) is 14.6 Å². The molecule has 0 unspecified atom stereocenters. The molecule has 108 valence electrons. The summed E-state index contributed by atoms with van der Waals surface area (Å²) in [6.07, 6.45) is -2.64. The van der Waals surface area contributed by atoms with Crippen LogP contribution in [0.25, 0.3) is 5.65 Å². The smallest absolute Gasteiger partial charge is 0.416 e. The molecule has 21 heavy (non-hydrogen) atoms. The van der Waals surface area contributed by atoms with Gasteiger partial charge in [-0.25, -0.2) is 0 Å². The van der Waals surface area contributed by atoms with Crippen LogP contribution >= 0.6 is 0 Å². The van der Waals surface area contributed by atoms with Gasteiger partial charge < -0.3 is 4.74 Å². The molecular formula is C14H10F3N3O. The molecule has 0 saturated carbocycles. The summed E-state index contributed by atoms with van der Waals surface area (Å²) in [5, 5.41) is 7.75. The summed E-state index contributed by atoms with van der Waals surface area (Å²) in [5.41, 5.74) is 0.323. The lowest BCUT2D eigenvalue weighted by molar-refractivity contribution is -0.137. The van der Waals surface area contributed by atoms with Gasteiger partial charge in [-0.05, 0) is 29.8 Å². The standard InChI is InChI=1S/C14H10F3N3O/c15-14(16,17)11-5-3-4-10(8-11)9-21-13-19-18-12-6-1-2-7-20(12)13/h1-8H,9H2. The molecular weight excluding hydrogens is 283 g/mol. The highest BCUT2D eigenvalue weighted by Crippen LogP contribution is 2.29. The van der Waals surface area contributed by atoms with Crippen molar-refractivity contribution >= 4 is 5.65 Å². The molecule has 0 fully saturated rings. The highest BCUT2D eigenvalue weighted by molar-refractivity contribution is 5.38. The van der Waals surface area contributed by atoms with Gasteiger partial charge in [-0.3, -0.25) is 4.40 Å². The Bertz CT molecular complexity index is 767. The van der Waals surface area contributed by atoms with Crippen molar-refractivity contribution in [3.05, 3.63) is 59.8 Å². The molecule has 3 aromatic rings. The van der Waals surface area contributed by atoms with E-state index in [1.807, 2.05) is 0 Å². The lowest BCUT2D eigenvalue weighted by Gasteiger charge is -2.09. The first-order chi connectivity index (χ1) is 10.0. The van der Waals surface area contributed by atoms with Gasteiger partial charge in [-0.15, -0.1) is 5.10 Å². The molecule has 0 bridgehead atoms. The summed E-state index contributed by atoms with van der Waals surface area (Å²) >= 11 is 0. The zero-order valence-electron chi connectivity index (χ0n) is 10.7. The SMILES string of the molecule is FC(F)(F)c1cccc(COc2nnc3ccccn23)c1. The first kappa shape index (κ1) is 13.4. The molecule has 2 heterocycles. The highest BCUT2D eigenvalue weighted by atomic mass is 19.4. The first-order valence-corrected chi connectivity index (χ1v) is 6.13. The van der Waals surface area contributed by atoms with Gasteiger partial charge in [0, 0.05) is 6.20 Å². The minimum atomic E-state index is -4.36. The summed E-state index contributed by atoms with van der Waals surface area (Å²) in [6.45, 7) is -0.0143. The van der Waals surface area contributed by atoms with Crippen LogP contribution in [0.3, 0.4) is 0 Å². The molecule has 0 aliphatic heterocycles. The molecule has 4 nitrogen and oxygen atoms in total. The molecule has 7 heteroatoms. The fraction of sp³-hybridized carbons (Fsp3) is 0.143. The van der Waals surface area contributed by atoms with E-state index in [4.69, 9.17) is 4.74 Å². The molecule has 0 N–H and O–H groups in total. The largest absolute Gasteiger partial charge is 0.458 e. The zero-order chi connectivity index (χ0) is 14.9. The van der Waals surface area contributed by atoms with Crippen molar-refractivity contribution in [1.29, 1.82) is 0 Å². The second-order valence-electron chi connectivity index (χ2n) is 4.40. The van der Waals surface area contributed by atoms with Crippen molar-refractivity contribution in [3.8, 4) is 6.01 Å². The van der Waals surface area contributed by atoms with Gasteiger partial charge in [-0.2, -0.15) is 13.2 Å². The van der Waals surface area contributed by atoms with Crippen LogP contribution in [0.1, 0.15) is 11.1 Å². The van der Waals surface area contributed by atoms with Crippen LogP contribution in [0.4, 0.5) is 13.2 Å². The van der Waals surface area contributed by atoms with Crippen LogP contribution in [0, 0.1) is 0 Å². The number of fused-ring (bicyclic) bond motifs is 1. The number of halogens is 3. The maximum Gasteiger partial charge on any atom is 0.416 e. The normalized spacial score (nSPS) is 11.8. The van der Waals surface area contributed by atoms with Gasteiger partial charge in [0.2, 0.25) is 0 Å². The lowest BCUT2D eigenvalue weighted by atomic mass is 10.1. The van der Waals surface area contributed by atoms with Gasteiger partial charge >= 0.3 is 12.2 Å². The number of rotatable bonds is 3. The molecule has 0 radical (unpaired) electrons. The van der Waals surface area contributed by atoms with E-state index in [0.717, 1.165) is 12.1 Å². The van der Waals surface area contributed by atoms with E-state index in [1.54, 1.807) is 34.9 Å². The summed E-state index contributed by atoms with van der Waals surface area (Å²) in [6, 6.07) is 10.6. The Kier molecular flexibility index (Phi) is 3.25. The topological polar surface area (TPSA) is 39.4 Å². The molecule has 0 amide bonds. The summed E-state index contributed by atoms with van der Waals surface area (Å²) < 4.78 is 44.9.